The lowest BCUT2D eigenvalue weighted by molar-refractivity contribution is 0.590. The molecule has 3 nitrogen and oxygen atoms in total. The van der Waals surface area contributed by atoms with Gasteiger partial charge in [-0.15, -0.1) is 0 Å². The predicted octanol–water partition coefficient (Wildman–Crippen LogP) is 3.13. The fourth-order valence-electron chi connectivity index (χ4n) is 2.17. The Morgan fingerprint density at radius 2 is 2.11 bits per heavy atom. The van der Waals surface area contributed by atoms with Gasteiger partial charge in [-0.25, -0.2) is 4.98 Å². The lowest BCUT2D eigenvalue weighted by atomic mass is 9.96. The number of nitrogens with two attached hydrogens (primary N) is 1. The highest BCUT2D eigenvalue weighted by Gasteiger charge is 2.15. The van der Waals surface area contributed by atoms with Gasteiger partial charge >= 0.3 is 0 Å². The highest BCUT2D eigenvalue weighted by atomic mass is 35.5. The third kappa shape index (κ3) is 3.25. The maximum absolute atomic E-state index is 6.01. The van der Waals surface area contributed by atoms with E-state index in [-0.39, 0.29) is 6.04 Å². The van der Waals surface area contributed by atoms with E-state index < -0.39 is 0 Å². The van der Waals surface area contributed by atoms with E-state index in [1.807, 2.05) is 19.2 Å². The summed E-state index contributed by atoms with van der Waals surface area (Å²) in [5.74, 6) is 0.525. The molecular formula is C15H18ClN3. The molecule has 2 rings (SSSR count). The molecule has 1 heterocycles. The molecule has 1 aromatic heterocycles. The number of hydrogen-bond donors (Lipinski definition) is 2. The van der Waals surface area contributed by atoms with Crippen LogP contribution >= 0.6 is 11.6 Å². The molecule has 1 atom stereocenters. The average molecular weight is 276 g/mol. The van der Waals surface area contributed by atoms with Crippen molar-refractivity contribution in [3.05, 3.63) is 58.2 Å². The minimum Gasteiger partial charge on any atom is -0.383 e. The van der Waals surface area contributed by atoms with Crippen LogP contribution in [0.15, 0.2) is 36.5 Å². The first kappa shape index (κ1) is 13.8. The van der Waals surface area contributed by atoms with E-state index in [2.05, 4.69) is 35.4 Å². The minimum absolute atomic E-state index is 0.104. The number of anilines is 1. The Labute approximate surface area is 118 Å². The SMILES string of the molecule is CNC(Cc1ccccc1C)c1cc(Cl)cnc1N. The summed E-state index contributed by atoms with van der Waals surface area (Å²) < 4.78 is 0. The van der Waals surface area contributed by atoms with Crippen LogP contribution in [0.4, 0.5) is 5.82 Å². The maximum Gasteiger partial charge on any atom is 0.128 e. The van der Waals surface area contributed by atoms with E-state index in [1.54, 1.807) is 6.20 Å². The van der Waals surface area contributed by atoms with Crippen LogP contribution in [-0.4, -0.2) is 12.0 Å². The van der Waals surface area contributed by atoms with Crippen molar-refractivity contribution < 1.29 is 0 Å². The third-order valence-electron chi connectivity index (χ3n) is 3.33. The van der Waals surface area contributed by atoms with Gasteiger partial charge in [-0.05, 0) is 37.6 Å². The molecule has 1 aromatic carbocycles. The minimum atomic E-state index is 0.104. The maximum atomic E-state index is 6.01. The molecule has 2 aromatic rings. The number of nitrogens with one attached hydrogen (secondary N) is 1. The van der Waals surface area contributed by atoms with E-state index in [1.165, 1.54) is 11.1 Å². The van der Waals surface area contributed by atoms with Gasteiger partial charge in [0.1, 0.15) is 5.82 Å². The topological polar surface area (TPSA) is 50.9 Å². The van der Waals surface area contributed by atoms with Crippen molar-refractivity contribution in [2.24, 2.45) is 0 Å². The first-order valence-corrected chi connectivity index (χ1v) is 6.62. The number of aromatic nitrogens is 1. The number of hydrogen-bond acceptors (Lipinski definition) is 3. The van der Waals surface area contributed by atoms with E-state index in [0.717, 1.165) is 12.0 Å². The van der Waals surface area contributed by atoms with Crippen molar-refractivity contribution in [1.82, 2.24) is 10.3 Å². The van der Waals surface area contributed by atoms with Crippen LogP contribution in [0, 0.1) is 6.92 Å². The zero-order valence-corrected chi connectivity index (χ0v) is 11.9. The van der Waals surface area contributed by atoms with Gasteiger partial charge in [0.2, 0.25) is 0 Å². The molecule has 0 saturated heterocycles. The molecule has 0 amide bonds. The lowest BCUT2D eigenvalue weighted by Gasteiger charge is -2.19. The fourth-order valence-corrected chi connectivity index (χ4v) is 2.34. The number of likely N-dealkylation sites (N-methyl/N-ethyl adjacent to an activating group) is 1. The summed E-state index contributed by atoms with van der Waals surface area (Å²) in [7, 11) is 1.92. The second-order valence-corrected chi connectivity index (χ2v) is 5.04. The van der Waals surface area contributed by atoms with Crippen molar-refractivity contribution in [1.29, 1.82) is 0 Å². The Bertz CT molecular complexity index is 569. The standard InChI is InChI=1S/C15H18ClN3/c1-10-5-3-4-6-11(10)7-14(18-2)13-8-12(16)9-19-15(13)17/h3-6,8-9,14,18H,7H2,1-2H3,(H2,17,19). The third-order valence-corrected chi connectivity index (χ3v) is 3.53. The van der Waals surface area contributed by atoms with Gasteiger partial charge in [-0.3, -0.25) is 0 Å². The smallest absolute Gasteiger partial charge is 0.128 e. The highest BCUT2D eigenvalue weighted by Crippen LogP contribution is 2.25. The van der Waals surface area contributed by atoms with Crippen molar-refractivity contribution in [2.75, 3.05) is 12.8 Å². The molecule has 3 N–H and O–H groups in total. The highest BCUT2D eigenvalue weighted by molar-refractivity contribution is 6.30. The first-order valence-electron chi connectivity index (χ1n) is 6.24. The van der Waals surface area contributed by atoms with Gasteiger partial charge in [0.15, 0.2) is 0 Å². The summed E-state index contributed by atoms with van der Waals surface area (Å²) in [5, 5.41) is 3.89. The largest absolute Gasteiger partial charge is 0.383 e. The number of pyridine rings is 1. The number of aryl methyl sites for hydroxylation is 1. The van der Waals surface area contributed by atoms with Gasteiger partial charge in [-0.2, -0.15) is 0 Å². The van der Waals surface area contributed by atoms with Crippen molar-refractivity contribution >= 4 is 17.4 Å². The summed E-state index contributed by atoms with van der Waals surface area (Å²) in [6.45, 7) is 2.11. The molecule has 0 fully saturated rings. The summed E-state index contributed by atoms with van der Waals surface area (Å²) in [6.07, 6.45) is 2.43. The first-order chi connectivity index (χ1) is 9.11. The Morgan fingerprint density at radius 3 is 2.79 bits per heavy atom. The van der Waals surface area contributed by atoms with Crippen LogP contribution < -0.4 is 11.1 Å². The predicted molar refractivity (Wildman–Crippen MR) is 80.3 cm³/mol. The fraction of sp³-hybridized carbons (Fsp3) is 0.267. The molecule has 0 bridgehead atoms. The molecule has 0 saturated carbocycles. The molecule has 0 aliphatic heterocycles. The Hall–Kier alpha value is -1.58. The van der Waals surface area contributed by atoms with Crippen LogP contribution in [0.25, 0.3) is 0 Å². The van der Waals surface area contributed by atoms with E-state index in [9.17, 15) is 0 Å². The molecule has 0 aliphatic carbocycles. The van der Waals surface area contributed by atoms with Gasteiger partial charge < -0.3 is 11.1 Å². The quantitative estimate of drug-likeness (QED) is 0.901. The van der Waals surface area contributed by atoms with Crippen LogP contribution in [0.5, 0.6) is 0 Å². The molecule has 4 heteroatoms. The van der Waals surface area contributed by atoms with Gasteiger partial charge in [0.05, 0.1) is 5.02 Å². The van der Waals surface area contributed by atoms with Crippen LogP contribution in [0.2, 0.25) is 5.02 Å². The van der Waals surface area contributed by atoms with Crippen LogP contribution in [0.3, 0.4) is 0 Å². The van der Waals surface area contributed by atoms with Crippen molar-refractivity contribution in [3.8, 4) is 0 Å². The van der Waals surface area contributed by atoms with Crippen molar-refractivity contribution in [2.45, 2.75) is 19.4 Å². The van der Waals surface area contributed by atoms with Crippen LogP contribution in [0.1, 0.15) is 22.7 Å². The van der Waals surface area contributed by atoms with Crippen LogP contribution in [-0.2, 0) is 6.42 Å². The number of halogens is 1. The molecule has 0 aliphatic rings. The molecule has 1 unspecified atom stereocenters. The summed E-state index contributed by atoms with van der Waals surface area (Å²) >= 11 is 6.01. The zero-order valence-electron chi connectivity index (χ0n) is 11.2. The Morgan fingerprint density at radius 1 is 1.37 bits per heavy atom. The normalized spacial score (nSPS) is 12.4. The number of nitrogen functional groups attached to an aromatic ring is 1. The second-order valence-electron chi connectivity index (χ2n) is 4.60. The second kappa shape index (κ2) is 6.04. The molecule has 0 spiro atoms. The summed E-state index contributed by atoms with van der Waals surface area (Å²) in [4.78, 5) is 4.12. The Kier molecular flexibility index (Phi) is 4.40. The number of benzene rings is 1. The molecule has 19 heavy (non-hydrogen) atoms. The van der Waals surface area contributed by atoms with E-state index in [0.29, 0.717) is 10.8 Å². The summed E-state index contributed by atoms with van der Waals surface area (Å²) in [6, 6.07) is 10.3. The summed E-state index contributed by atoms with van der Waals surface area (Å²) in [5.41, 5.74) is 9.46. The van der Waals surface area contributed by atoms with Gasteiger partial charge in [-0.1, -0.05) is 35.9 Å². The van der Waals surface area contributed by atoms with Gasteiger partial charge in [0.25, 0.3) is 0 Å². The number of rotatable bonds is 4. The lowest BCUT2D eigenvalue weighted by Crippen LogP contribution is -2.21. The van der Waals surface area contributed by atoms with E-state index in [4.69, 9.17) is 17.3 Å². The molecule has 100 valence electrons. The van der Waals surface area contributed by atoms with E-state index >= 15 is 0 Å². The monoisotopic (exact) mass is 275 g/mol. The zero-order chi connectivity index (χ0) is 13.8. The molecular weight excluding hydrogens is 258 g/mol. The van der Waals surface area contributed by atoms with Gasteiger partial charge in [0, 0.05) is 17.8 Å². The Balaban J connectivity index is 2.30. The van der Waals surface area contributed by atoms with Crippen molar-refractivity contribution in [3.63, 3.8) is 0 Å². The number of nitrogens with zero attached hydrogens (tertiary/aromatic N) is 1. The molecule has 0 radical (unpaired) electrons. The average Bonchev–Trinajstić information content (AvgIpc) is 2.41.